The van der Waals surface area contributed by atoms with Crippen molar-refractivity contribution in [1.29, 1.82) is 0 Å². The quantitative estimate of drug-likeness (QED) is 0.812. The summed E-state index contributed by atoms with van der Waals surface area (Å²) in [6, 6.07) is 6.22. The molecule has 1 atom stereocenters. The zero-order valence-electron chi connectivity index (χ0n) is 10.9. The lowest BCUT2D eigenvalue weighted by Gasteiger charge is -2.28. The Kier molecular flexibility index (Phi) is 5.78. The van der Waals surface area contributed by atoms with E-state index in [-0.39, 0.29) is 18.3 Å². The third-order valence-electron chi connectivity index (χ3n) is 3.12. The maximum Gasteiger partial charge on any atom is 0.304 e. The molecule has 100 valence electrons. The predicted octanol–water partition coefficient (Wildman–Crippen LogP) is 2.55. The molecule has 1 aromatic rings. The van der Waals surface area contributed by atoms with Crippen molar-refractivity contribution >= 4 is 5.97 Å². The maximum absolute atomic E-state index is 12.8. The molecular weight excluding hydrogens is 233 g/mol. The Hall–Kier alpha value is -1.42. The van der Waals surface area contributed by atoms with Crippen LogP contribution in [-0.2, 0) is 11.2 Å². The van der Waals surface area contributed by atoms with Crippen molar-refractivity contribution in [3.63, 3.8) is 0 Å². The minimum Gasteiger partial charge on any atom is -0.481 e. The first-order valence-electron chi connectivity index (χ1n) is 6.27. The van der Waals surface area contributed by atoms with Crippen LogP contribution in [0.15, 0.2) is 24.3 Å². The Morgan fingerprint density at radius 1 is 1.28 bits per heavy atom. The molecule has 3 nitrogen and oxygen atoms in total. The molecule has 18 heavy (non-hydrogen) atoms. The van der Waals surface area contributed by atoms with Gasteiger partial charge in [-0.05, 0) is 37.2 Å². The lowest BCUT2D eigenvalue weighted by molar-refractivity contribution is -0.138. The SMILES string of the molecule is CCN(CC)C(CC(=O)O)Cc1ccc(F)cc1. The Labute approximate surface area is 107 Å². The molecule has 1 aromatic carbocycles. The van der Waals surface area contributed by atoms with Crippen molar-refractivity contribution in [2.45, 2.75) is 32.7 Å². The molecule has 0 aromatic heterocycles. The Bertz CT molecular complexity index is 374. The van der Waals surface area contributed by atoms with Gasteiger partial charge in [0.15, 0.2) is 0 Å². The van der Waals surface area contributed by atoms with Crippen LogP contribution < -0.4 is 0 Å². The highest BCUT2D eigenvalue weighted by molar-refractivity contribution is 5.67. The summed E-state index contributed by atoms with van der Waals surface area (Å²) in [5.74, 6) is -1.06. The highest BCUT2D eigenvalue weighted by Crippen LogP contribution is 2.13. The van der Waals surface area contributed by atoms with E-state index in [4.69, 9.17) is 5.11 Å². The number of carboxylic acid groups (broad SMARTS) is 1. The van der Waals surface area contributed by atoms with E-state index in [1.807, 2.05) is 13.8 Å². The van der Waals surface area contributed by atoms with Crippen molar-refractivity contribution in [3.05, 3.63) is 35.6 Å². The largest absolute Gasteiger partial charge is 0.481 e. The normalized spacial score (nSPS) is 12.7. The van der Waals surface area contributed by atoms with Gasteiger partial charge >= 0.3 is 5.97 Å². The third kappa shape index (κ3) is 4.45. The number of carboxylic acids is 1. The van der Waals surface area contributed by atoms with Crippen LogP contribution >= 0.6 is 0 Å². The van der Waals surface area contributed by atoms with E-state index in [9.17, 15) is 9.18 Å². The molecular formula is C14H20FNO2. The number of rotatable bonds is 7. The first-order chi connectivity index (χ1) is 8.56. The van der Waals surface area contributed by atoms with E-state index in [0.717, 1.165) is 18.7 Å². The summed E-state index contributed by atoms with van der Waals surface area (Å²) >= 11 is 0. The number of halogens is 1. The highest BCUT2D eigenvalue weighted by atomic mass is 19.1. The van der Waals surface area contributed by atoms with Crippen LogP contribution in [0.2, 0.25) is 0 Å². The number of likely N-dealkylation sites (N-methyl/N-ethyl adjacent to an activating group) is 1. The van der Waals surface area contributed by atoms with Gasteiger partial charge in [-0.1, -0.05) is 26.0 Å². The van der Waals surface area contributed by atoms with Crippen LogP contribution in [0.25, 0.3) is 0 Å². The van der Waals surface area contributed by atoms with Crippen molar-refractivity contribution in [1.82, 2.24) is 4.90 Å². The van der Waals surface area contributed by atoms with Gasteiger partial charge in [-0.3, -0.25) is 4.79 Å². The fourth-order valence-electron chi connectivity index (χ4n) is 2.16. The number of nitrogens with zero attached hydrogens (tertiary/aromatic N) is 1. The summed E-state index contributed by atoms with van der Waals surface area (Å²) in [7, 11) is 0. The molecule has 0 aliphatic carbocycles. The molecule has 0 saturated carbocycles. The third-order valence-corrected chi connectivity index (χ3v) is 3.12. The fraction of sp³-hybridized carbons (Fsp3) is 0.500. The second kappa shape index (κ2) is 7.11. The van der Waals surface area contributed by atoms with Gasteiger partial charge in [-0.25, -0.2) is 4.39 Å². The van der Waals surface area contributed by atoms with Gasteiger partial charge in [-0.2, -0.15) is 0 Å². The van der Waals surface area contributed by atoms with Gasteiger partial charge in [0, 0.05) is 6.04 Å². The van der Waals surface area contributed by atoms with Crippen LogP contribution in [0.5, 0.6) is 0 Å². The second-order valence-corrected chi connectivity index (χ2v) is 4.30. The molecule has 0 spiro atoms. The number of hydrogen-bond donors (Lipinski definition) is 1. The minimum atomic E-state index is -0.797. The summed E-state index contributed by atoms with van der Waals surface area (Å²) in [5.41, 5.74) is 0.967. The smallest absolute Gasteiger partial charge is 0.304 e. The van der Waals surface area contributed by atoms with Crippen LogP contribution in [-0.4, -0.2) is 35.1 Å². The van der Waals surface area contributed by atoms with Crippen molar-refractivity contribution in [2.75, 3.05) is 13.1 Å². The van der Waals surface area contributed by atoms with Crippen LogP contribution in [0, 0.1) is 5.82 Å². The molecule has 1 unspecified atom stereocenters. The van der Waals surface area contributed by atoms with Gasteiger partial charge < -0.3 is 10.0 Å². The molecule has 1 N–H and O–H groups in total. The van der Waals surface area contributed by atoms with Crippen LogP contribution in [0.3, 0.4) is 0 Å². The van der Waals surface area contributed by atoms with Crippen LogP contribution in [0.1, 0.15) is 25.8 Å². The van der Waals surface area contributed by atoms with Gasteiger partial charge in [0.2, 0.25) is 0 Å². The van der Waals surface area contributed by atoms with E-state index in [0.29, 0.717) is 6.42 Å². The lowest BCUT2D eigenvalue weighted by atomic mass is 10.0. The Balaban J connectivity index is 2.76. The predicted molar refractivity (Wildman–Crippen MR) is 69.1 cm³/mol. The molecule has 0 heterocycles. The summed E-state index contributed by atoms with van der Waals surface area (Å²) in [4.78, 5) is 13.0. The number of aliphatic carboxylic acids is 1. The topological polar surface area (TPSA) is 40.5 Å². The van der Waals surface area contributed by atoms with Gasteiger partial charge in [0.1, 0.15) is 5.82 Å². The number of benzene rings is 1. The van der Waals surface area contributed by atoms with E-state index in [2.05, 4.69) is 4.90 Å². The Morgan fingerprint density at radius 2 is 1.83 bits per heavy atom. The molecule has 0 bridgehead atoms. The van der Waals surface area contributed by atoms with E-state index in [1.165, 1.54) is 12.1 Å². The molecule has 1 rings (SSSR count). The monoisotopic (exact) mass is 253 g/mol. The molecule has 0 aliphatic rings. The minimum absolute atomic E-state index is 0.0389. The average molecular weight is 253 g/mol. The van der Waals surface area contributed by atoms with Gasteiger partial charge in [0.25, 0.3) is 0 Å². The second-order valence-electron chi connectivity index (χ2n) is 4.30. The highest BCUT2D eigenvalue weighted by Gasteiger charge is 2.19. The van der Waals surface area contributed by atoms with Crippen molar-refractivity contribution in [2.24, 2.45) is 0 Å². The van der Waals surface area contributed by atoms with Crippen LogP contribution in [0.4, 0.5) is 4.39 Å². The first kappa shape index (κ1) is 14.6. The molecule has 0 radical (unpaired) electrons. The molecule has 4 heteroatoms. The van der Waals surface area contributed by atoms with Gasteiger partial charge in [-0.15, -0.1) is 0 Å². The summed E-state index contributed by atoms with van der Waals surface area (Å²) < 4.78 is 12.8. The molecule has 0 fully saturated rings. The standard InChI is InChI=1S/C14H20FNO2/c1-3-16(4-2)13(10-14(17)18)9-11-5-7-12(15)8-6-11/h5-8,13H,3-4,9-10H2,1-2H3,(H,17,18). The van der Waals surface area contributed by atoms with Crippen molar-refractivity contribution in [3.8, 4) is 0 Å². The average Bonchev–Trinajstić information content (AvgIpc) is 2.33. The molecule has 0 saturated heterocycles. The van der Waals surface area contributed by atoms with E-state index >= 15 is 0 Å². The lowest BCUT2D eigenvalue weighted by Crippen LogP contribution is -2.38. The first-order valence-corrected chi connectivity index (χ1v) is 6.27. The summed E-state index contributed by atoms with van der Waals surface area (Å²) in [5, 5.41) is 8.96. The summed E-state index contributed by atoms with van der Waals surface area (Å²) in [6.45, 7) is 5.66. The van der Waals surface area contributed by atoms with Gasteiger partial charge in [0.05, 0.1) is 6.42 Å². The zero-order valence-corrected chi connectivity index (χ0v) is 10.9. The molecule has 0 amide bonds. The fourth-order valence-corrected chi connectivity index (χ4v) is 2.16. The maximum atomic E-state index is 12.8. The van der Waals surface area contributed by atoms with Crippen molar-refractivity contribution < 1.29 is 14.3 Å². The number of hydrogen-bond acceptors (Lipinski definition) is 2. The number of carbonyl (C=O) groups is 1. The van der Waals surface area contributed by atoms with E-state index < -0.39 is 5.97 Å². The van der Waals surface area contributed by atoms with E-state index in [1.54, 1.807) is 12.1 Å². The summed E-state index contributed by atoms with van der Waals surface area (Å²) in [6.07, 6.45) is 0.743. The Morgan fingerprint density at radius 3 is 2.28 bits per heavy atom. The molecule has 0 aliphatic heterocycles. The zero-order chi connectivity index (χ0) is 13.5.